The van der Waals surface area contributed by atoms with Crippen LogP contribution in [0, 0.1) is 0 Å². The molecule has 1 amide bonds. The number of halogens is 1. The molecular formula is C19H26ClN3O4S. The minimum atomic E-state index is -3.80. The van der Waals surface area contributed by atoms with Crippen molar-refractivity contribution in [1.82, 2.24) is 10.6 Å². The summed E-state index contributed by atoms with van der Waals surface area (Å²) in [5, 5.41) is 5.95. The molecule has 0 saturated carbocycles. The largest absolute Gasteiger partial charge is 0.497 e. The number of benzene rings is 2. The second-order valence-electron chi connectivity index (χ2n) is 5.87. The van der Waals surface area contributed by atoms with Crippen LogP contribution in [0.3, 0.4) is 0 Å². The number of hydrogen-bond donors (Lipinski definition) is 3. The van der Waals surface area contributed by atoms with Crippen molar-refractivity contribution in [2.75, 3.05) is 31.5 Å². The van der Waals surface area contributed by atoms with Crippen LogP contribution >= 0.6 is 12.4 Å². The molecule has 0 aromatic heterocycles. The molecule has 0 unspecified atom stereocenters. The number of sulfonamides is 1. The minimum Gasteiger partial charge on any atom is -0.497 e. The number of anilines is 1. The molecule has 0 fully saturated rings. The number of ether oxygens (including phenoxy) is 1. The SMILES string of the molecule is CCCNCCNC(=O)c1cccc(S(=O)(=O)Nc2ccc(OC)cc2)c1.Cl. The zero-order valence-electron chi connectivity index (χ0n) is 15.9. The van der Waals surface area contributed by atoms with Crippen LogP contribution in [-0.2, 0) is 10.0 Å². The first-order chi connectivity index (χ1) is 13.0. The van der Waals surface area contributed by atoms with Crippen LogP contribution in [0.25, 0.3) is 0 Å². The van der Waals surface area contributed by atoms with Gasteiger partial charge in [0, 0.05) is 24.3 Å². The van der Waals surface area contributed by atoms with Gasteiger partial charge in [-0.05, 0) is 55.4 Å². The molecule has 0 heterocycles. The fourth-order valence-corrected chi connectivity index (χ4v) is 3.45. The Morgan fingerprint density at radius 3 is 2.39 bits per heavy atom. The summed E-state index contributed by atoms with van der Waals surface area (Å²) in [5.41, 5.74) is 0.704. The Balaban J connectivity index is 0.00000392. The van der Waals surface area contributed by atoms with Gasteiger partial charge in [-0.1, -0.05) is 13.0 Å². The second-order valence-corrected chi connectivity index (χ2v) is 7.55. The summed E-state index contributed by atoms with van der Waals surface area (Å²) in [6.45, 7) is 4.09. The normalized spacial score (nSPS) is 10.6. The van der Waals surface area contributed by atoms with Gasteiger partial charge in [-0.25, -0.2) is 8.42 Å². The minimum absolute atomic E-state index is 0. The highest BCUT2D eigenvalue weighted by atomic mass is 35.5. The molecular weight excluding hydrogens is 402 g/mol. The molecule has 0 saturated heterocycles. The van der Waals surface area contributed by atoms with E-state index in [0.717, 1.165) is 13.0 Å². The highest BCUT2D eigenvalue weighted by Gasteiger charge is 2.16. The Bertz CT molecular complexity index is 858. The maximum absolute atomic E-state index is 12.6. The lowest BCUT2D eigenvalue weighted by atomic mass is 10.2. The summed E-state index contributed by atoms with van der Waals surface area (Å²) in [6.07, 6.45) is 1.02. The van der Waals surface area contributed by atoms with Crippen molar-refractivity contribution >= 4 is 34.0 Å². The fourth-order valence-electron chi connectivity index (χ4n) is 2.35. The van der Waals surface area contributed by atoms with Crippen LogP contribution in [0.15, 0.2) is 53.4 Å². The number of carbonyl (C=O) groups is 1. The van der Waals surface area contributed by atoms with Crippen LogP contribution in [0.1, 0.15) is 23.7 Å². The first kappa shape index (κ1) is 23.7. The molecule has 0 aliphatic rings. The number of amides is 1. The molecule has 2 aromatic rings. The monoisotopic (exact) mass is 427 g/mol. The summed E-state index contributed by atoms with van der Waals surface area (Å²) in [5.74, 6) is 0.319. The van der Waals surface area contributed by atoms with E-state index in [2.05, 4.69) is 22.3 Å². The molecule has 2 aromatic carbocycles. The van der Waals surface area contributed by atoms with E-state index in [1.54, 1.807) is 36.4 Å². The molecule has 7 nitrogen and oxygen atoms in total. The van der Waals surface area contributed by atoms with Crippen molar-refractivity contribution in [2.45, 2.75) is 18.2 Å². The number of methoxy groups -OCH3 is 1. The van der Waals surface area contributed by atoms with E-state index in [0.29, 0.717) is 30.1 Å². The van der Waals surface area contributed by atoms with Crippen LogP contribution in [0.4, 0.5) is 5.69 Å². The van der Waals surface area contributed by atoms with Gasteiger partial charge in [0.25, 0.3) is 15.9 Å². The van der Waals surface area contributed by atoms with Gasteiger partial charge in [-0.3, -0.25) is 9.52 Å². The van der Waals surface area contributed by atoms with Crippen molar-refractivity contribution in [2.24, 2.45) is 0 Å². The van der Waals surface area contributed by atoms with E-state index < -0.39 is 10.0 Å². The smallest absolute Gasteiger partial charge is 0.261 e. The topological polar surface area (TPSA) is 96.5 Å². The van der Waals surface area contributed by atoms with Crippen molar-refractivity contribution in [3.8, 4) is 5.75 Å². The Morgan fingerprint density at radius 1 is 1.04 bits per heavy atom. The molecule has 154 valence electrons. The third-order valence-electron chi connectivity index (χ3n) is 3.76. The van der Waals surface area contributed by atoms with Crippen molar-refractivity contribution in [3.05, 3.63) is 54.1 Å². The third-order valence-corrected chi connectivity index (χ3v) is 5.14. The molecule has 0 bridgehead atoms. The predicted molar refractivity (Wildman–Crippen MR) is 113 cm³/mol. The van der Waals surface area contributed by atoms with E-state index in [9.17, 15) is 13.2 Å². The van der Waals surface area contributed by atoms with Gasteiger partial charge >= 0.3 is 0 Å². The summed E-state index contributed by atoms with van der Waals surface area (Å²) in [6, 6.07) is 12.5. The van der Waals surface area contributed by atoms with Gasteiger partial charge in [0.15, 0.2) is 0 Å². The summed E-state index contributed by atoms with van der Waals surface area (Å²) < 4.78 is 32.7. The molecule has 0 atom stereocenters. The average Bonchev–Trinajstić information content (AvgIpc) is 2.68. The summed E-state index contributed by atoms with van der Waals surface area (Å²) in [4.78, 5) is 12.2. The molecule has 0 aliphatic heterocycles. The molecule has 3 N–H and O–H groups in total. The number of rotatable bonds is 10. The maximum atomic E-state index is 12.6. The first-order valence-electron chi connectivity index (χ1n) is 8.72. The Kier molecular flexibility index (Phi) is 9.78. The lowest BCUT2D eigenvalue weighted by Crippen LogP contribution is -2.32. The van der Waals surface area contributed by atoms with Crippen LogP contribution < -0.4 is 20.1 Å². The van der Waals surface area contributed by atoms with Crippen LogP contribution in [0.5, 0.6) is 5.75 Å². The van der Waals surface area contributed by atoms with Crippen LogP contribution in [0.2, 0.25) is 0 Å². The standard InChI is InChI=1S/C19H25N3O4S.ClH/c1-3-11-20-12-13-21-19(23)15-5-4-6-18(14-15)27(24,25)22-16-7-9-17(26-2)10-8-16;/h4-10,14,20,22H,3,11-13H2,1-2H3,(H,21,23);1H. The van der Waals surface area contributed by atoms with Gasteiger partial charge in [0.05, 0.1) is 12.0 Å². The van der Waals surface area contributed by atoms with Crippen LogP contribution in [-0.4, -0.2) is 41.1 Å². The third kappa shape index (κ3) is 7.03. The predicted octanol–water partition coefficient (Wildman–Crippen LogP) is 2.65. The first-order valence-corrected chi connectivity index (χ1v) is 10.2. The number of nitrogens with one attached hydrogen (secondary N) is 3. The highest BCUT2D eigenvalue weighted by Crippen LogP contribution is 2.20. The molecule has 28 heavy (non-hydrogen) atoms. The summed E-state index contributed by atoms with van der Waals surface area (Å²) in [7, 11) is -2.27. The van der Waals surface area contributed by atoms with E-state index in [1.807, 2.05) is 0 Å². The Hall–Kier alpha value is -2.29. The number of hydrogen-bond acceptors (Lipinski definition) is 5. The van der Waals surface area contributed by atoms with Crippen molar-refractivity contribution in [1.29, 1.82) is 0 Å². The number of carbonyl (C=O) groups excluding carboxylic acids is 1. The fraction of sp³-hybridized carbons (Fsp3) is 0.316. The zero-order chi connectivity index (χ0) is 19.7. The lowest BCUT2D eigenvalue weighted by molar-refractivity contribution is 0.0953. The second kappa shape index (κ2) is 11.5. The molecule has 0 radical (unpaired) electrons. The van der Waals surface area contributed by atoms with Gasteiger partial charge < -0.3 is 15.4 Å². The van der Waals surface area contributed by atoms with Gasteiger partial charge in [0.1, 0.15) is 5.75 Å². The van der Waals surface area contributed by atoms with Crippen molar-refractivity contribution < 1.29 is 17.9 Å². The molecule has 0 aliphatic carbocycles. The van der Waals surface area contributed by atoms with Gasteiger partial charge in [0.2, 0.25) is 0 Å². The quantitative estimate of drug-likeness (QED) is 0.506. The molecule has 2 rings (SSSR count). The lowest BCUT2D eigenvalue weighted by Gasteiger charge is -2.10. The average molecular weight is 428 g/mol. The van der Waals surface area contributed by atoms with Gasteiger partial charge in [-0.2, -0.15) is 0 Å². The van der Waals surface area contributed by atoms with E-state index >= 15 is 0 Å². The zero-order valence-corrected chi connectivity index (χ0v) is 17.5. The van der Waals surface area contributed by atoms with Crippen molar-refractivity contribution in [3.63, 3.8) is 0 Å². The summed E-state index contributed by atoms with van der Waals surface area (Å²) >= 11 is 0. The van der Waals surface area contributed by atoms with Gasteiger partial charge in [-0.15, -0.1) is 12.4 Å². The Morgan fingerprint density at radius 2 is 1.75 bits per heavy atom. The Labute approximate surface area is 172 Å². The van der Waals surface area contributed by atoms with E-state index in [1.165, 1.54) is 19.2 Å². The maximum Gasteiger partial charge on any atom is 0.261 e. The molecule has 9 heteroatoms. The van der Waals surface area contributed by atoms with E-state index in [4.69, 9.17) is 4.74 Å². The van der Waals surface area contributed by atoms with E-state index in [-0.39, 0.29) is 23.2 Å². The molecule has 0 spiro atoms. The highest BCUT2D eigenvalue weighted by molar-refractivity contribution is 7.92.